The van der Waals surface area contributed by atoms with Gasteiger partial charge in [0.1, 0.15) is 28.6 Å². The van der Waals surface area contributed by atoms with Crippen molar-refractivity contribution >= 4 is 90.5 Å². The van der Waals surface area contributed by atoms with E-state index in [4.69, 9.17) is 38.7 Å². The molecule has 2 atom stereocenters. The maximum atomic E-state index is 13.9. The second-order valence-corrected chi connectivity index (χ2v) is 31.0. The second kappa shape index (κ2) is 42.2. The van der Waals surface area contributed by atoms with Gasteiger partial charge in [-0.2, -0.15) is 44.6 Å². The molecule has 108 heavy (non-hydrogen) atoms. The summed E-state index contributed by atoms with van der Waals surface area (Å²) in [5.41, 5.74) is -0.751. The summed E-state index contributed by atoms with van der Waals surface area (Å²) in [4.78, 5) is 124. The minimum Gasteiger partial charge on any atom is -0.494 e. The fraction of sp³-hybridized carbons (Fsp3) is 0.621. The molecule has 2 aromatic heterocycles. The average molecular weight is 1590 g/mol. The lowest BCUT2D eigenvalue weighted by Crippen LogP contribution is -2.51. The number of carbonyl (C=O) groups excluding carboxylic acids is 6. The molecule has 5 rings (SSSR count). The Kier molecular flexibility index (Phi) is 36.5. The van der Waals surface area contributed by atoms with Crippen LogP contribution in [0.15, 0.2) is 53.8 Å². The van der Waals surface area contributed by atoms with E-state index in [9.17, 15) is 86.4 Å². The third kappa shape index (κ3) is 38.3. The number of aromatic nitrogens is 4. The first-order chi connectivity index (χ1) is 49.8. The lowest BCUT2D eigenvalue weighted by Gasteiger charge is -2.34. The Hall–Kier alpha value is -8.81. The van der Waals surface area contributed by atoms with Gasteiger partial charge in [-0.15, -0.1) is 0 Å². The maximum absolute atomic E-state index is 13.9. The molecule has 34 nitrogen and oxygen atoms in total. The number of H-pyrrole nitrogens is 1. The number of aromatic amines is 1. The highest BCUT2D eigenvalue weighted by Crippen LogP contribution is 2.27. The highest BCUT2D eigenvalue weighted by Gasteiger charge is 2.39. The Labute approximate surface area is 621 Å². The van der Waals surface area contributed by atoms with Crippen molar-refractivity contribution in [2.45, 2.75) is 161 Å². The van der Waals surface area contributed by atoms with Crippen LogP contribution in [0.4, 0.5) is 32.3 Å². The van der Waals surface area contributed by atoms with Gasteiger partial charge in [-0.05, 0) is 143 Å². The number of halogens is 6. The maximum Gasteiger partial charge on any atom is 0.490 e. The molecule has 1 fully saturated rings. The van der Waals surface area contributed by atoms with Crippen molar-refractivity contribution < 1.29 is 125 Å². The van der Waals surface area contributed by atoms with Crippen molar-refractivity contribution in [2.75, 3.05) is 116 Å². The van der Waals surface area contributed by atoms with E-state index < -0.39 is 121 Å². The first-order valence-electron chi connectivity index (χ1n) is 33.9. The van der Waals surface area contributed by atoms with E-state index in [0.29, 0.717) is 56.4 Å². The van der Waals surface area contributed by atoms with Crippen molar-refractivity contribution in [1.82, 2.24) is 60.0 Å². The second-order valence-electron chi connectivity index (χ2n) is 27.9. The molecule has 0 bridgehead atoms. The number of benzene rings is 2. The predicted molar refractivity (Wildman–Crippen MR) is 377 cm³/mol. The number of carboxylic acids is 3. The van der Waals surface area contributed by atoms with Gasteiger partial charge in [0, 0.05) is 114 Å². The van der Waals surface area contributed by atoms with E-state index in [-0.39, 0.29) is 119 Å². The van der Waals surface area contributed by atoms with Crippen LogP contribution in [0, 0.1) is 13.8 Å². The number of ether oxygens (including phenoxy) is 4. The van der Waals surface area contributed by atoms with Crippen LogP contribution in [0.3, 0.4) is 0 Å². The monoisotopic (exact) mass is 1590 g/mol. The standard InChI is InChI=1S/C62H97N13O17S2.2C2HF3O2/c1-43-33-48(34-44(2)56(43)94(87,88)70-49(58(82)83)37-67-57(81)45-17-18-50-46(35-45)36-68-75(50)23-14-20-64-59-65-21-22-66-59)89-32-13-16-51(76)63-19-12-15-47(42-93(84,85)86)69-52(77)38-71-24-26-72(39-53(78)90-60(3,4)5)28-30-74(41-55(80)92-62(9,10)11)31-29-73(27-25-71)40-54(79)91-61(6,7)8;2*3-2(4,5)1(6)7/h17-18,21-22,33-36,47,49,70H,12-16,19-20,23-32,37-42H2,1-11H3,(H,63,76)(H,67,81)(H,69,77)(H,82,83)(H2,64,65,66)(H,84,85,86);2*(H,6,7)/t47-,49+;;/m1../s1. The van der Waals surface area contributed by atoms with Gasteiger partial charge < -0.3 is 60.5 Å². The number of nitrogens with zero attached hydrogens (tertiary/aromatic N) is 7. The number of nitrogens with one attached hydrogen (secondary N) is 6. The summed E-state index contributed by atoms with van der Waals surface area (Å²) in [5.74, 6) is -9.80. The number of imidazole rings is 1. The highest BCUT2D eigenvalue weighted by molar-refractivity contribution is 7.89. The molecule has 2 aromatic carbocycles. The Morgan fingerprint density at radius 2 is 1.10 bits per heavy atom. The fourth-order valence-corrected chi connectivity index (χ4v) is 12.6. The molecule has 42 heteroatoms. The van der Waals surface area contributed by atoms with E-state index in [1.165, 1.54) is 26.0 Å². The van der Waals surface area contributed by atoms with Crippen molar-refractivity contribution in [3.05, 3.63) is 65.6 Å². The number of alkyl halides is 6. The highest BCUT2D eigenvalue weighted by atomic mass is 32.2. The van der Waals surface area contributed by atoms with Crippen molar-refractivity contribution in [3.63, 3.8) is 0 Å². The minimum absolute atomic E-state index is 0.0167. The number of esters is 3. The summed E-state index contributed by atoms with van der Waals surface area (Å²) >= 11 is 0. The van der Waals surface area contributed by atoms with Crippen LogP contribution >= 0.6 is 0 Å². The van der Waals surface area contributed by atoms with Gasteiger partial charge in [-0.3, -0.25) is 62.4 Å². The number of sulfonamides is 1. The van der Waals surface area contributed by atoms with E-state index in [1.54, 1.807) is 104 Å². The first-order valence-corrected chi connectivity index (χ1v) is 37.0. The quantitative estimate of drug-likeness (QED) is 0.0109. The molecule has 1 aliphatic heterocycles. The van der Waals surface area contributed by atoms with E-state index in [2.05, 4.69) is 41.1 Å². The summed E-state index contributed by atoms with van der Waals surface area (Å²) in [6, 6.07) is 5.06. The summed E-state index contributed by atoms with van der Waals surface area (Å²) < 4.78 is 152. The van der Waals surface area contributed by atoms with Gasteiger partial charge in [0.25, 0.3) is 16.0 Å². The first kappa shape index (κ1) is 93.4. The Bertz CT molecular complexity index is 3790. The fourth-order valence-electron chi connectivity index (χ4n) is 10.2. The summed E-state index contributed by atoms with van der Waals surface area (Å²) in [7, 11) is -9.05. The SMILES string of the molecule is Cc1cc(OCCCC(=O)NCCC[C@H](CS(=O)(=O)O)NC(=O)CN2CCN(CC(=O)OC(C)(C)C)CCN(CC(=O)OC(C)(C)C)CCN(CC(=O)OC(C)(C)C)CC2)cc(C)c1S(=O)(=O)N[C@@H](CNC(=O)c1ccc2c(cnn2CCCNc2ncc[nH]2)c1)C(=O)O.O=C(O)C(F)(F)F.O=C(O)C(F)(F)F. The van der Waals surface area contributed by atoms with Crippen LogP contribution in [0.5, 0.6) is 5.75 Å². The third-order valence-electron chi connectivity index (χ3n) is 14.8. The molecule has 1 saturated heterocycles. The molecule has 0 aliphatic carbocycles. The van der Waals surface area contributed by atoms with E-state index >= 15 is 0 Å². The predicted octanol–water partition coefficient (Wildman–Crippen LogP) is 3.98. The van der Waals surface area contributed by atoms with Crippen LogP contribution in [-0.4, -0.2) is 281 Å². The van der Waals surface area contributed by atoms with Gasteiger partial charge in [-0.25, -0.2) is 23.0 Å². The average Bonchev–Trinajstić information content (AvgIpc) is 0.833. The molecule has 10 N–H and O–H groups in total. The molecule has 1 aliphatic rings. The molecular formula is C66H99F6N13O21S2. The number of hydrogen-bond donors (Lipinski definition) is 10. The molecular weight excluding hydrogens is 1490 g/mol. The number of hydrogen-bond acceptors (Lipinski definition) is 24. The van der Waals surface area contributed by atoms with Gasteiger partial charge in [0.05, 0.1) is 55.1 Å². The van der Waals surface area contributed by atoms with Crippen LogP contribution in [0.1, 0.15) is 116 Å². The van der Waals surface area contributed by atoms with Crippen molar-refractivity contribution in [1.29, 1.82) is 0 Å². The lowest BCUT2D eigenvalue weighted by molar-refractivity contribution is -0.193. The minimum atomic E-state index is -5.08. The van der Waals surface area contributed by atoms with E-state index in [0.717, 1.165) is 11.9 Å². The molecule has 3 heterocycles. The zero-order valence-corrected chi connectivity index (χ0v) is 63.6. The van der Waals surface area contributed by atoms with Crippen molar-refractivity contribution in [2.24, 2.45) is 0 Å². The topological polar surface area (TPSA) is 459 Å². The number of aliphatic carboxylic acids is 3. The number of rotatable bonds is 32. The molecule has 608 valence electrons. The summed E-state index contributed by atoms with van der Waals surface area (Å²) in [6.45, 7) is 21.6. The number of anilines is 1. The molecule has 0 spiro atoms. The number of carbonyl (C=O) groups is 9. The summed E-state index contributed by atoms with van der Waals surface area (Å²) in [6.07, 6.45) is -3.93. The molecule has 4 aromatic rings. The van der Waals surface area contributed by atoms with Gasteiger partial charge >= 0.3 is 48.2 Å². The Morgan fingerprint density at radius 3 is 1.53 bits per heavy atom. The zero-order valence-electron chi connectivity index (χ0n) is 62.0. The summed E-state index contributed by atoms with van der Waals surface area (Å²) in [5, 5.41) is 40.6. The smallest absolute Gasteiger partial charge is 0.490 e. The third-order valence-corrected chi connectivity index (χ3v) is 17.4. The van der Waals surface area contributed by atoms with Crippen LogP contribution in [0.2, 0.25) is 0 Å². The lowest BCUT2D eigenvalue weighted by atomic mass is 10.1. The van der Waals surface area contributed by atoms with Gasteiger partial charge in [-0.1, -0.05) is 0 Å². The largest absolute Gasteiger partial charge is 0.494 e. The number of carboxylic acid groups (broad SMARTS) is 3. The number of amides is 3. The molecule has 0 saturated carbocycles. The molecule has 3 amide bonds. The van der Waals surface area contributed by atoms with Crippen molar-refractivity contribution in [3.8, 4) is 5.75 Å². The van der Waals surface area contributed by atoms with Crippen LogP contribution in [-0.2, 0) is 79.3 Å². The number of aryl methyl sites for hydroxylation is 3. The number of fused-ring (bicyclic) bond motifs is 1. The zero-order chi connectivity index (χ0) is 81.8. The van der Waals surface area contributed by atoms with Gasteiger partial charge in [0.2, 0.25) is 21.8 Å². The Morgan fingerprint density at radius 1 is 0.630 bits per heavy atom. The van der Waals surface area contributed by atoms with Gasteiger partial charge in [0.15, 0.2) is 5.95 Å². The Balaban J connectivity index is 0.00000196. The molecule has 0 radical (unpaired) electrons. The normalized spacial score (nSPS) is 14.9. The van der Waals surface area contributed by atoms with Crippen LogP contribution in [0.25, 0.3) is 10.9 Å². The molecule has 0 unspecified atom stereocenters. The van der Waals surface area contributed by atoms with E-state index in [1.807, 2.05) is 19.6 Å². The van der Waals surface area contributed by atoms with Crippen LogP contribution < -0.4 is 30.7 Å².